The largest absolute Gasteiger partial charge is 0.398 e. The van der Waals surface area contributed by atoms with E-state index in [0.29, 0.717) is 17.0 Å². The number of thioether (sulfide) groups is 1. The van der Waals surface area contributed by atoms with Crippen molar-refractivity contribution in [3.63, 3.8) is 0 Å². The minimum Gasteiger partial charge on any atom is -0.398 e. The molecular weight excluding hydrogens is 185 g/mol. The van der Waals surface area contributed by atoms with Gasteiger partial charge in [0.25, 0.3) is 0 Å². The average Bonchev–Trinajstić information content (AvgIpc) is 2.10. The molecule has 0 spiro atoms. The highest BCUT2D eigenvalue weighted by molar-refractivity contribution is 7.98. The van der Waals surface area contributed by atoms with Gasteiger partial charge in [-0.3, -0.25) is 0 Å². The van der Waals surface area contributed by atoms with Crippen LogP contribution >= 0.6 is 11.8 Å². The van der Waals surface area contributed by atoms with Gasteiger partial charge in [-0.2, -0.15) is 11.8 Å². The molecular formula is C10H14FNS. The molecule has 0 saturated heterocycles. The standard InChI is InChI=1S/C10H14FNS/c1-2-6-13-7-8-9(11)4-3-5-10(8)12/h3-5H,2,6-7,12H2,1H3. The van der Waals surface area contributed by atoms with E-state index in [1.54, 1.807) is 23.9 Å². The normalized spacial score (nSPS) is 10.3. The number of halogens is 1. The van der Waals surface area contributed by atoms with E-state index in [2.05, 4.69) is 6.92 Å². The van der Waals surface area contributed by atoms with E-state index in [1.807, 2.05) is 0 Å². The van der Waals surface area contributed by atoms with Crippen molar-refractivity contribution in [1.82, 2.24) is 0 Å². The number of anilines is 1. The summed E-state index contributed by atoms with van der Waals surface area (Å²) in [6, 6.07) is 4.84. The van der Waals surface area contributed by atoms with Crippen molar-refractivity contribution in [1.29, 1.82) is 0 Å². The molecule has 0 aromatic heterocycles. The van der Waals surface area contributed by atoms with E-state index in [4.69, 9.17) is 5.73 Å². The van der Waals surface area contributed by atoms with Gasteiger partial charge in [0.15, 0.2) is 0 Å². The molecule has 0 atom stereocenters. The van der Waals surface area contributed by atoms with Crippen molar-refractivity contribution in [3.8, 4) is 0 Å². The van der Waals surface area contributed by atoms with Crippen molar-refractivity contribution in [2.45, 2.75) is 19.1 Å². The summed E-state index contributed by atoms with van der Waals surface area (Å²) in [6.45, 7) is 2.11. The molecule has 1 rings (SSSR count). The summed E-state index contributed by atoms with van der Waals surface area (Å²) in [5.41, 5.74) is 6.85. The second-order valence-electron chi connectivity index (χ2n) is 2.86. The summed E-state index contributed by atoms with van der Waals surface area (Å²) >= 11 is 1.71. The van der Waals surface area contributed by atoms with Crippen molar-refractivity contribution in [3.05, 3.63) is 29.6 Å². The van der Waals surface area contributed by atoms with Crippen molar-refractivity contribution < 1.29 is 4.39 Å². The number of hydrogen-bond acceptors (Lipinski definition) is 2. The van der Waals surface area contributed by atoms with Gasteiger partial charge in [-0.1, -0.05) is 13.0 Å². The molecule has 0 aliphatic rings. The Kier molecular flexibility index (Phi) is 4.09. The predicted molar refractivity (Wildman–Crippen MR) is 57.3 cm³/mol. The Morgan fingerprint density at radius 2 is 2.23 bits per heavy atom. The Morgan fingerprint density at radius 3 is 2.85 bits per heavy atom. The molecule has 1 nitrogen and oxygen atoms in total. The Morgan fingerprint density at radius 1 is 1.46 bits per heavy atom. The first-order valence-electron chi connectivity index (χ1n) is 4.36. The van der Waals surface area contributed by atoms with Crippen molar-refractivity contribution in [2.24, 2.45) is 0 Å². The molecule has 3 heteroatoms. The van der Waals surface area contributed by atoms with Crippen LogP contribution in [0, 0.1) is 5.82 Å². The highest BCUT2D eigenvalue weighted by atomic mass is 32.2. The van der Waals surface area contributed by atoms with Crippen LogP contribution in [0.15, 0.2) is 18.2 Å². The molecule has 0 heterocycles. The maximum Gasteiger partial charge on any atom is 0.129 e. The van der Waals surface area contributed by atoms with Gasteiger partial charge in [0, 0.05) is 17.0 Å². The zero-order valence-electron chi connectivity index (χ0n) is 7.72. The van der Waals surface area contributed by atoms with Crippen LogP contribution in [0.5, 0.6) is 0 Å². The van der Waals surface area contributed by atoms with Crippen LogP contribution in [0.25, 0.3) is 0 Å². The fraction of sp³-hybridized carbons (Fsp3) is 0.400. The molecule has 0 aliphatic heterocycles. The maximum absolute atomic E-state index is 13.2. The van der Waals surface area contributed by atoms with Crippen LogP contribution in [-0.2, 0) is 5.75 Å². The zero-order chi connectivity index (χ0) is 9.68. The van der Waals surface area contributed by atoms with Crippen LogP contribution in [0.3, 0.4) is 0 Å². The predicted octanol–water partition coefficient (Wildman–Crippen LogP) is 3.05. The van der Waals surface area contributed by atoms with Crippen molar-refractivity contribution in [2.75, 3.05) is 11.5 Å². The SMILES string of the molecule is CCCSCc1c(N)cccc1F. The summed E-state index contributed by atoms with van der Waals surface area (Å²) < 4.78 is 13.2. The first kappa shape index (κ1) is 10.4. The fourth-order valence-electron chi connectivity index (χ4n) is 1.05. The average molecular weight is 199 g/mol. The van der Waals surface area contributed by atoms with E-state index in [9.17, 15) is 4.39 Å². The van der Waals surface area contributed by atoms with Gasteiger partial charge < -0.3 is 5.73 Å². The molecule has 0 aliphatic carbocycles. The summed E-state index contributed by atoms with van der Waals surface area (Å²) in [5.74, 6) is 1.53. The number of nitrogens with two attached hydrogens (primary N) is 1. The van der Waals surface area contributed by atoms with Gasteiger partial charge in [0.05, 0.1) is 0 Å². The first-order valence-corrected chi connectivity index (χ1v) is 5.51. The van der Waals surface area contributed by atoms with E-state index in [0.717, 1.165) is 12.2 Å². The Hall–Kier alpha value is -0.700. The van der Waals surface area contributed by atoms with Gasteiger partial charge in [-0.15, -0.1) is 0 Å². The molecule has 1 aromatic rings. The van der Waals surface area contributed by atoms with Crippen LogP contribution in [0.4, 0.5) is 10.1 Å². The number of benzene rings is 1. The lowest BCUT2D eigenvalue weighted by Gasteiger charge is -2.05. The number of rotatable bonds is 4. The van der Waals surface area contributed by atoms with E-state index in [-0.39, 0.29) is 5.82 Å². The fourth-order valence-corrected chi connectivity index (χ4v) is 1.99. The summed E-state index contributed by atoms with van der Waals surface area (Å²) in [6.07, 6.45) is 1.11. The number of nitrogen functional groups attached to an aromatic ring is 1. The van der Waals surface area contributed by atoms with Crippen LogP contribution < -0.4 is 5.73 Å². The van der Waals surface area contributed by atoms with Crippen LogP contribution in [0.1, 0.15) is 18.9 Å². The molecule has 0 fully saturated rings. The van der Waals surface area contributed by atoms with Crippen LogP contribution in [0.2, 0.25) is 0 Å². The van der Waals surface area contributed by atoms with E-state index >= 15 is 0 Å². The molecule has 0 bridgehead atoms. The van der Waals surface area contributed by atoms with Crippen LogP contribution in [-0.4, -0.2) is 5.75 Å². The Labute approximate surface area is 82.5 Å². The highest BCUT2D eigenvalue weighted by Gasteiger charge is 2.04. The van der Waals surface area contributed by atoms with Crippen molar-refractivity contribution >= 4 is 17.4 Å². The molecule has 1 aromatic carbocycles. The summed E-state index contributed by atoms with van der Waals surface area (Å²) in [7, 11) is 0. The Balaban J connectivity index is 2.64. The van der Waals surface area contributed by atoms with Gasteiger partial charge >= 0.3 is 0 Å². The third-order valence-electron chi connectivity index (χ3n) is 1.75. The topological polar surface area (TPSA) is 26.0 Å². The number of hydrogen-bond donors (Lipinski definition) is 1. The maximum atomic E-state index is 13.2. The summed E-state index contributed by atoms with van der Waals surface area (Å²) in [4.78, 5) is 0. The smallest absolute Gasteiger partial charge is 0.129 e. The quantitative estimate of drug-likeness (QED) is 0.595. The van der Waals surface area contributed by atoms with Gasteiger partial charge in [-0.05, 0) is 24.3 Å². The third kappa shape index (κ3) is 2.92. The van der Waals surface area contributed by atoms with Gasteiger partial charge in [-0.25, -0.2) is 4.39 Å². The highest BCUT2D eigenvalue weighted by Crippen LogP contribution is 2.21. The molecule has 13 heavy (non-hydrogen) atoms. The van der Waals surface area contributed by atoms with Gasteiger partial charge in [0.2, 0.25) is 0 Å². The second kappa shape index (κ2) is 5.12. The molecule has 2 N–H and O–H groups in total. The molecule has 0 radical (unpaired) electrons. The van der Waals surface area contributed by atoms with E-state index < -0.39 is 0 Å². The van der Waals surface area contributed by atoms with E-state index in [1.165, 1.54) is 6.07 Å². The zero-order valence-corrected chi connectivity index (χ0v) is 8.53. The lowest BCUT2D eigenvalue weighted by atomic mass is 10.2. The lowest BCUT2D eigenvalue weighted by Crippen LogP contribution is -1.96. The first-order chi connectivity index (χ1) is 6.25. The Bertz CT molecular complexity index is 255. The van der Waals surface area contributed by atoms with Gasteiger partial charge in [0.1, 0.15) is 5.82 Å². The second-order valence-corrected chi connectivity index (χ2v) is 3.97. The molecule has 0 saturated carbocycles. The lowest BCUT2D eigenvalue weighted by molar-refractivity contribution is 0.618. The minimum absolute atomic E-state index is 0.191. The third-order valence-corrected chi connectivity index (χ3v) is 2.94. The molecule has 0 unspecified atom stereocenters. The molecule has 0 amide bonds. The minimum atomic E-state index is -0.191. The monoisotopic (exact) mass is 199 g/mol. The molecule has 72 valence electrons. The summed E-state index contributed by atoms with van der Waals surface area (Å²) in [5, 5.41) is 0.